The van der Waals surface area contributed by atoms with Crippen LogP contribution in [0.3, 0.4) is 0 Å². The van der Waals surface area contributed by atoms with Gasteiger partial charge in [-0.05, 0) is 80.3 Å². The number of esters is 1. The summed E-state index contributed by atoms with van der Waals surface area (Å²) in [4.78, 5) is 16.4. The van der Waals surface area contributed by atoms with Gasteiger partial charge in [0, 0.05) is 37.8 Å². The van der Waals surface area contributed by atoms with E-state index < -0.39 is 89.7 Å². The summed E-state index contributed by atoms with van der Waals surface area (Å²) in [7, 11) is 3.67. The molecule has 0 aromatic carbocycles. The molecule has 0 aromatic rings. The maximum atomic E-state index is 14.3. The average Bonchev–Trinajstić information content (AvgIpc) is 3.38. The molecule has 4 heterocycles. The number of carbonyl (C=O) groups is 1. The fourth-order valence-electron chi connectivity index (χ4n) is 9.53. The van der Waals surface area contributed by atoms with Crippen molar-refractivity contribution in [3.63, 3.8) is 0 Å². The van der Waals surface area contributed by atoms with E-state index in [1.165, 1.54) is 0 Å². The number of carbonyl (C=O) groups excluding carboxylic acids is 1. The minimum atomic E-state index is -1.75. The smallest absolute Gasteiger partial charge is 0.311 e. The molecule has 51 heavy (non-hydrogen) atoms. The van der Waals surface area contributed by atoms with Crippen molar-refractivity contribution in [2.24, 2.45) is 23.7 Å². The fourth-order valence-corrected chi connectivity index (χ4v) is 9.53. The SMILES string of the molecule is CCCC1OC(=O)[C@H](C)[C@@H](OC2C[C@@](C)(OC)C[C@H](C)O2)[C@H](C)[C@@H](OC2O[C@H](C)C[C@H](N(C)CC)[C@H]2O)[C@@]2(C)CC(C)C(O2)[C@@H](C)[C@@H](O)[C@]1(C)O. The highest BCUT2D eigenvalue weighted by atomic mass is 16.7. The molecule has 0 spiro atoms. The van der Waals surface area contributed by atoms with Gasteiger partial charge in [-0.3, -0.25) is 4.79 Å². The zero-order valence-electron chi connectivity index (χ0n) is 33.7. The molecule has 12 nitrogen and oxygen atoms in total. The van der Waals surface area contributed by atoms with Crippen LogP contribution >= 0.6 is 0 Å². The van der Waals surface area contributed by atoms with Crippen LogP contribution in [0.1, 0.15) is 115 Å². The summed E-state index contributed by atoms with van der Waals surface area (Å²) in [6, 6.07) is -0.185. The summed E-state index contributed by atoms with van der Waals surface area (Å²) in [6.45, 7) is 22.0. The first-order valence-corrected chi connectivity index (χ1v) is 19.6. The van der Waals surface area contributed by atoms with Crippen molar-refractivity contribution in [2.75, 3.05) is 20.7 Å². The molecular formula is C39H71NO11. The minimum Gasteiger partial charge on any atom is -0.459 e. The fraction of sp³-hybridized carbons (Fsp3) is 0.974. The summed E-state index contributed by atoms with van der Waals surface area (Å²) in [5.41, 5.74) is -3.20. The zero-order valence-corrected chi connectivity index (χ0v) is 33.7. The highest BCUT2D eigenvalue weighted by Crippen LogP contribution is 2.48. The predicted molar refractivity (Wildman–Crippen MR) is 192 cm³/mol. The summed E-state index contributed by atoms with van der Waals surface area (Å²) < 4.78 is 45.6. The second-order valence-electron chi connectivity index (χ2n) is 17.2. The number of methoxy groups -OCH3 is 1. The van der Waals surface area contributed by atoms with E-state index in [-0.39, 0.29) is 24.2 Å². The van der Waals surface area contributed by atoms with Gasteiger partial charge in [0.05, 0.1) is 53.7 Å². The minimum absolute atomic E-state index is 0.0271. The molecule has 4 rings (SSSR count). The van der Waals surface area contributed by atoms with E-state index >= 15 is 0 Å². The number of fused-ring (bicyclic) bond motifs is 2. The number of nitrogens with zero attached hydrogens (tertiary/aromatic N) is 1. The van der Waals surface area contributed by atoms with Crippen LogP contribution in [0.5, 0.6) is 0 Å². The van der Waals surface area contributed by atoms with E-state index in [0.717, 1.165) is 6.54 Å². The number of hydrogen-bond acceptors (Lipinski definition) is 12. The highest BCUT2D eigenvalue weighted by Gasteiger charge is 2.57. The second-order valence-corrected chi connectivity index (χ2v) is 17.2. The predicted octanol–water partition coefficient (Wildman–Crippen LogP) is 4.43. The van der Waals surface area contributed by atoms with Crippen LogP contribution in [0.2, 0.25) is 0 Å². The molecule has 0 amide bonds. The molecule has 0 saturated carbocycles. The number of likely N-dealkylation sites (N-methyl/N-ethyl adjacent to an activating group) is 1. The van der Waals surface area contributed by atoms with Crippen LogP contribution in [0, 0.1) is 23.7 Å². The van der Waals surface area contributed by atoms with Gasteiger partial charge >= 0.3 is 5.97 Å². The Labute approximate surface area is 307 Å². The Kier molecular flexibility index (Phi) is 14.1. The second kappa shape index (κ2) is 16.8. The summed E-state index contributed by atoms with van der Waals surface area (Å²) in [5, 5.41) is 35.4. The van der Waals surface area contributed by atoms with Gasteiger partial charge in [-0.25, -0.2) is 0 Å². The Bertz CT molecular complexity index is 1140. The molecule has 4 saturated heterocycles. The first-order valence-electron chi connectivity index (χ1n) is 19.6. The van der Waals surface area contributed by atoms with E-state index in [1.807, 2.05) is 55.5 Å². The van der Waals surface area contributed by atoms with Crippen molar-refractivity contribution in [3.05, 3.63) is 0 Å². The third-order valence-electron chi connectivity index (χ3n) is 12.7. The number of aliphatic hydroxyl groups is 3. The molecule has 298 valence electrons. The van der Waals surface area contributed by atoms with Crippen LogP contribution in [-0.4, -0.2) is 131 Å². The van der Waals surface area contributed by atoms with E-state index in [2.05, 4.69) is 18.7 Å². The van der Waals surface area contributed by atoms with Gasteiger partial charge in [-0.1, -0.05) is 41.0 Å². The Hall–Kier alpha value is -0.930. The van der Waals surface area contributed by atoms with Crippen molar-refractivity contribution in [1.82, 2.24) is 4.90 Å². The lowest BCUT2D eigenvalue weighted by Gasteiger charge is -2.48. The number of hydrogen-bond donors (Lipinski definition) is 3. The van der Waals surface area contributed by atoms with Crippen LogP contribution in [-0.2, 0) is 38.0 Å². The quantitative estimate of drug-likeness (QED) is 0.289. The lowest BCUT2D eigenvalue weighted by Crippen LogP contribution is -2.59. The highest BCUT2D eigenvalue weighted by molar-refractivity contribution is 5.73. The van der Waals surface area contributed by atoms with Crippen molar-refractivity contribution in [2.45, 2.75) is 199 Å². The van der Waals surface area contributed by atoms with Gasteiger partial charge in [-0.2, -0.15) is 0 Å². The zero-order chi connectivity index (χ0) is 38.2. The summed E-state index contributed by atoms with van der Waals surface area (Å²) in [6.07, 6.45) is -3.85. The number of cyclic esters (lactones) is 1. The Balaban J connectivity index is 1.83. The molecule has 0 radical (unpaired) electrons. The largest absolute Gasteiger partial charge is 0.459 e. The molecule has 18 atom stereocenters. The first-order chi connectivity index (χ1) is 23.7. The molecule has 4 fully saturated rings. The van der Waals surface area contributed by atoms with E-state index in [9.17, 15) is 20.1 Å². The molecule has 12 heteroatoms. The lowest BCUT2D eigenvalue weighted by atomic mass is 9.76. The Morgan fingerprint density at radius 3 is 2.20 bits per heavy atom. The molecule has 0 aromatic heterocycles. The Morgan fingerprint density at radius 2 is 1.59 bits per heavy atom. The normalized spacial score (nSPS) is 50.3. The topological polar surface area (TPSA) is 146 Å². The number of ether oxygens (including phenoxy) is 7. The van der Waals surface area contributed by atoms with Crippen molar-refractivity contribution in [1.29, 1.82) is 0 Å². The third kappa shape index (κ3) is 9.14. The molecule has 5 unspecified atom stereocenters. The van der Waals surface area contributed by atoms with E-state index in [4.69, 9.17) is 33.2 Å². The molecule has 0 aliphatic carbocycles. The van der Waals surface area contributed by atoms with Gasteiger partial charge in [0.25, 0.3) is 0 Å². The molecule has 4 aliphatic heterocycles. The maximum absolute atomic E-state index is 14.3. The maximum Gasteiger partial charge on any atom is 0.311 e. The standard InChI is InChI=1S/C39H71NO11/c1-14-16-28-39(11,44)33(42)24(6)31-21(3)18-38(10,51-31)34(50-36-30(41)27(40(12)15-2)17-22(4)47-36)25(7)32(26(8)35(43)48-28)49-29-20-37(9,45-13)19-23(5)46-29/h21-34,36,41-42,44H,14-20H2,1-13H3/t21?,22-,23+,24-,25+,26-,27+,28?,29?,30-,31?,32+,33-,34-,36?,37+,38-,39-/m1/s1. The van der Waals surface area contributed by atoms with Gasteiger partial charge < -0.3 is 53.4 Å². The lowest BCUT2D eigenvalue weighted by molar-refractivity contribution is -0.312. The molecule has 4 aliphatic rings. The van der Waals surface area contributed by atoms with Gasteiger partial charge in [0.1, 0.15) is 17.8 Å². The van der Waals surface area contributed by atoms with Crippen molar-refractivity contribution >= 4 is 5.97 Å². The molecule has 2 bridgehead atoms. The van der Waals surface area contributed by atoms with Crippen molar-refractivity contribution in [3.8, 4) is 0 Å². The van der Waals surface area contributed by atoms with Crippen LogP contribution in [0.4, 0.5) is 0 Å². The van der Waals surface area contributed by atoms with E-state index in [1.54, 1.807) is 21.0 Å². The van der Waals surface area contributed by atoms with Crippen LogP contribution in [0.15, 0.2) is 0 Å². The summed E-state index contributed by atoms with van der Waals surface area (Å²) >= 11 is 0. The molecular weight excluding hydrogens is 658 g/mol. The average molecular weight is 730 g/mol. The summed E-state index contributed by atoms with van der Waals surface area (Å²) in [5.74, 6) is -2.46. The van der Waals surface area contributed by atoms with Crippen LogP contribution < -0.4 is 0 Å². The monoisotopic (exact) mass is 730 g/mol. The van der Waals surface area contributed by atoms with Crippen molar-refractivity contribution < 1.29 is 53.3 Å². The van der Waals surface area contributed by atoms with Gasteiger partial charge in [0.15, 0.2) is 12.6 Å². The van der Waals surface area contributed by atoms with Crippen LogP contribution in [0.25, 0.3) is 0 Å². The number of rotatable bonds is 9. The van der Waals surface area contributed by atoms with Gasteiger partial charge in [0.2, 0.25) is 0 Å². The first kappa shape index (κ1) is 42.8. The number of aliphatic hydroxyl groups excluding tert-OH is 2. The Morgan fingerprint density at radius 1 is 0.922 bits per heavy atom. The molecule has 3 N–H and O–H groups in total. The van der Waals surface area contributed by atoms with E-state index in [0.29, 0.717) is 38.5 Å². The van der Waals surface area contributed by atoms with Gasteiger partial charge in [-0.15, -0.1) is 0 Å². The third-order valence-corrected chi connectivity index (χ3v) is 12.7.